The van der Waals surface area contributed by atoms with E-state index in [-0.39, 0.29) is 31.6 Å². The van der Waals surface area contributed by atoms with Gasteiger partial charge in [0.05, 0.1) is 16.6 Å². The predicted molar refractivity (Wildman–Crippen MR) is 99.0 cm³/mol. The van der Waals surface area contributed by atoms with Crippen molar-refractivity contribution in [2.24, 2.45) is 0 Å². The number of hydrogen-bond acceptors (Lipinski definition) is 4. The first kappa shape index (κ1) is 18.4. The molecule has 1 heterocycles. The Balaban J connectivity index is 1.42. The summed E-state index contributed by atoms with van der Waals surface area (Å²) in [5, 5.41) is 6.20. The summed E-state index contributed by atoms with van der Waals surface area (Å²) in [6.07, 6.45) is 0.752. The summed E-state index contributed by atoms with van der Waals surface area (Å²) in [5.74, 6) is 0.663. The molecule has 1 aliphatic rings. The third kappa shape index (κ3) is 4.80. The van der Waals surface area contributed by atoms with Crippen molar-refractivity contribution in [2.45, 2.75) is 12.8 Å². The number of aryl methyl sites for hydroxylation is 1. The molecule has 0 saturated carbocycles. The SMILES string of the molecule is O=C(CCc1ccc(Cl)c(Cl)c1)NCC(=O)Nc1ccc2c(c1)OCO2. The molecule has 2 aromatic rings. The van der Waals surface area contributed by atoms with Crippen LogP contribution in [0, 0.1) is 0 Å². The number of ether oxygens (including phenoxy) is 2. The van der Waals surface area contributed by atoms with E-state index in [1.807, 2.05) is 6.07 Å². The number of anilines is 1. The number of nitrogens with one attached hydrogen (secondary N) is 2. The second-order valence-electron chi connectivity index (χ2n) is 5.64. The molecule has 136 valence electrons. The van der Waals surface area contributed by atoms with Crippen LogP contribution in [0.2, 0.25) is 10.0 Å². The zero-order valence-corrected chi connectivity index (χ0v) is 15.2. The Morgan fingerprint density at radius 1 is 0.962 bits per heavy atom. The highest BCUT2D eigenvalue weighted by molar-refractivity contribution is 6.42. The van der Waals surface area contributed by atoms with Crippen molar-refractivity contribution >= 4 is 40.7 Å². The largest absolute Gasteiger partial charge is 0.454 e. The van der Waals surface area contributed by atoms with Crippen molar-refractivity contribution in [3.63, 3.8) is 0 Å². The number of benzene rings is 2. The van der Waals surface area contributed by atoms with Crippen LogP contribution in [0.3, 0.4) is 0 Å². The minimum Gasteiger partial charge on any atom is -0.454 e. The van der Waals surface area contributed by atoms with Gasteiger partial charge in [0, 0.05) is 18.2 Å². The van der Waals surface area contributed by atoms with E-state index in [4.69, 9.17) is 32.7 Å². The summed E-state index contributed by atoms with van der Waals surface area (Å²) in [4.78, 5) is 23.8. The zero-order chi connectivity index (χ0) is 18.5. The Labute approximate surface area is 160 Å². The van der Waals surface area contributed by atoms with Gasteiger partial charge in [-0.3, -0.25) is 9.59 Å². The van der Waals surface area contributed by atoms with E-state index >= 15 is 0 Å². The second-order valence-corrected chi connectivity index (χ2v) is 6.46. The molecule has 1 aliphatic heterocycles. The van der Waals surface area contributed by atoms with Crippen LogP contribution in [0.1, 0.15) is 12.0 Å². The lowest BCUT2D eigenvalue weighted by Crippen LogP contribution is -2.32. The summed E-state index contributed by atoms with van der Waals surface area (Å²) >= 11 is 11.8. The number of fused-ring (bicyclic) bond motifs is 1. The molecule has 3 rings (SSSR count). The van der Waals surface area contributed by atoms with Gasteiger partial charge in [-0.25, -0.2) is 0 Å². The van der Waals surface area contributed by atoms with Crippen molar-refractivity contribution in [1.82, 2.24) is 5.32 Å². The fourth-order valence-electron chi connectivity index (χ4n) is 2.40. The van der Waals surface area contributed by atoms with Crippen LogP contribution in [0.4, 0.5) is 5.69 Å². The van der Waals surface area contributed by atoms with E-state index < -0.39 is 0 Å². The van der Waals surface area contributed by atoms with Crippen molar-refractivity contribution < 1.29 is 19.1 Å². The number of hydrogen-bond donors (Lipinski definition) is 2. The quantitative estimate of drug-likeness (QED) is 0.786. The van der Waals surface area contributed by atoms with Crippen LogP contribution in [0.25, 0.3) is 0 Å². The Hall–Kier alpha value is -2.44. The number of carbonyl (C=O) groups is 2. The molecule has 6 nitrogen and oxygen atoms in total. The molecule has 0 radical (unpaired) electrons. The van der Waals surface area contributed by atoms with E-state index in [1.165, 1.54) is 0 Å². The lowest BCUT2D eigenvalue weighted by molar-refractivity contribution is -0.124. The summed E-state index contributed by atoms with van der Waals surface area (Å²) in [6.45, 7) is 0.0519. The van der Waals surface area contributed by atoms with E-state index in [0.717, 1.165) is 5.56 Å². The van der Waals surface area contributed by atoms with Crippen LogP contribution in [0.15, 0.2) is 36.4 Å². The average Bonchev–Trinajstić information content (AvgIpc) is 3.08. The molecule has 0 saturated heterocycles. The van der Waals surface area contributed by atoms with Gasteiger partial charge in [-0.05, 0) is 36.2 Å². The van der Waals surface area contributed by atoms with Crippen LogP contribution in [-0.2, 0) is 16.0 Å². The van der Waals surface area contributed by atoms with Gasteiger partial charge in [-0.1, -0.05) is 29.3 Å². The molecule has 0 spiro atoms. The molecule has 0 fully saturated rings. The third-order valence-electron chi connectivity index (χ3n) is 3.73. The molecule has 0 aromatic heterocycles. The van der Waals surface area contributed by atoms with Gasteiger partial charge in [0.25, 0.3) is 0 Å². The van der Waals surface area contributed by atoms with Gasteiger partial charge >= 0.3 is 0 Å². The Morgan fingerprint density at radius 2 is 1.77 bits per heavy atom. The maximum absolute atomic E-state index is 11.9. The Kier molecular flexibility index (Phi) is 5.85. The molecule has 2 amide bonds. The number of amides is 2. The Bertz CT molecular complexity index is 842. The number of halogens is 2. The van der Waals surface area contributed by atoms with E-state index in [9.17, 15) is 9.59 Å². The summed E-state index contributed by atoms with van der Waals surface area (Å²) in [6, 6.07) is 10.3. The van der Waals surface area contributed by atoms with Crippen molar-refractivity contribution in [2.75, 3.05) is 18.7 Å². The highest BCUT2D eigenvalue weighted by Crippen LogP contribution is 2.34. The normalized spacial score (nSPS) is 11.9. The van der Waals surface area contributed by atoms with Gasteiger partial charge < -0.3 is 20.1 Å². The lowest BCUT2D eigenvalue weighted by Gasteiger charge is -2.08. The van der Waals surface area contributed by atoms with E-state index in [0.29, 0.717) is 33.7 Å². The molecular weight excluding hydrogens is 379 g/mol. The maximum Gasteiger partial charge on any atom is 0.243 e. The predicted octanol–water partition coefficient (Wildman–Crippen LogP) is 3.41. The minimum absolute atomic E-state index is 0.116. The van der Waals surface area contributed by atoms with Crippen molar-refractivity contribution in [3.05, 3.63) is 52.0 Å². The molecule has 26 heavy (non-hydrogen) atoms. The van der Waals surface area contributed by atoms with Gasteiger partial charge in [0.15, 0.2) is 11.5 Å². The summed E-state index contributed by atoms with van der Waals surface area (Å²) in [5.41, 5.74) is 1.48. The summed E-state index contributed by atoms with van der Waals surface area (Å²) < 4.78 is 10.5. The molecule has 0 bridgehead atoms. The second kappa shape index (κ2) is 8.29. The topological polar surface area (TPSA) is 76.7 Å². The van der Waals surface area contributed by atoms with Crippen LogP contribution < -0.4 is 20.1 Å². The highest BCUT2D eigenvalue weighted by Gasteiger charge is 2.14. The number of rotatable bonds is 6. The monoisotopic (exact) mass is 394 g/mol. The van der Waals surface area contributed by atoms with Gasteiger partial charge in [0.2, 0.25) is 18.6 Å². The average molecular weight is 395 g/mol. The first-order valence-electron chi connectivity index (χ1n) is 7.91. The zero-order valence-electron chi connectivity index (χ0n) is 13.7. The number of carbonyl (C=O) groups excluding carboxylic acids is 2. The van der Waals surface area contributed by atoms with Gasteiger partial charge in [-0.15, -0.1) is 0 Å². The first-order valence-corrected chi connectivity index (χ1v) is 8.67. The standard InChI is InChI=1S/C18H16Cl2N2O4/c19-13-4-1-11(7-14(13)20)2-6-17(23)21-9-18(24)22-12-3-5-15-16(8-12)26-10-25-15/h1,3-5,7-8H,2,6,9-10H2,(H,21,23)(H,22,24). The molecule has 0 aliphatic carbocycles. The molecular formula is C18H16Cl2N2O4. The summed E-state index contributed by atoms with van der Waals surface area (Å²) in [7, 11) is 0. The molecule has 0 unspecified atom stereocenters. The van der Waals surface area contributed by atoms with Crippen molar-refractivity contribution in [1.29, 1.82) is 0 Å². The van der Waals surface area contributed by atoms with Crippen molar-refractivity contribution in [3.8, 4) is 11.5 Å². The highest BCUT2D eigenvalue weighted by atomic mass is 35.5. The van der Waals surface area contributed by atoms with Crippen LogP contribution >= 0.6 is 23.2 Å². The fraction of sp³-hybridized carbons (Fsp3) is 0.222. The fourth-order valence-corrected chi connectivity index (χ4v) is 2.72. The van der Waals surface area contributed by atoms with Gasteiger partial charge in [-0.2, -0.15) is 0 Å². The van der Waals surface area contributed by atoms with Crippen LogP contribution in [0.5, 0.6) is 11.5 Å². The smallest absolute Gasteiger partial charge is 0.243 e. The lowest BCUT2D eigenvalue weighted by atomic mass is 10.1. The minimum atomic E-state index is -0.327. The first-order chi connectivity index (χ1) is 12.5. The van der Waals surface area contributed by atoms with Gasteiger partial charge in [0.1, 0.15) is 0 Å². The third-order valence-corrected chi connectivity index (χ3v) is 4.47. The molecule has 2 aromatic carbocycles. The molecule has 0 atom stereocenters. The molecule has 8 heteroatoms. The maximum atomic E-state index is 11.9. The van der Waals surface area contributed by atoms with Crippen LogP contribution in [-0.4, -0.2) is 25.2 Å². The van der Waals surface area contributed by atoms with E-state index in [1.54, 1.807) is 30.3 Å². The molecule has 2 N–H and O–H groups in total. The Morgan fingerprint density at radius 3 is 2.58 bits per heavy atom. The van der Waals surface area contributed by atoms with E-state index in [2.05, 4.69) is 10.6 Å².